The largest absolute Gasteiger partial charge is 0.352 e. The number of nitro benzene ring substituents is 1. The van der Waals surface area contributed by atoms with E-state index in [9.17, 15) is 24.5 Å². The Labute approximate surface area is 233 Å². The third-order valence-corrected chi connectivity index (χ3v) is 8.58. The Balaban J connectivity index is 1.53. The summed E-state index contributed by atoms with van der Waals surface area (Å²) in [6.45, 7) is 0. The quantitative estimate of drug-likeness (QED) is 0.134. The highest BCUT2D eigenvalue weighted by molar-refractivity contribution is 6.32. The van der Waals surface area contributed by atoms with Crippen LogP contribution in [0.1, 0.15) is 48.1 Å². The van der Waals surface area contributed by atoms with Crippen LogP contribution in [0.15, 0.2) is 103 Å². The fraction of sp³-hybridized carbons (Fsp3) is 0.121. The fourth-order valence-corrected chi connectivity index (χ4v) is 6.91. The van der Waals surface area contributed by atoms with Gasteiger partial charge in [0.25, 0.3) is 5.69 Å². The molecule has 1 saturated heterocycles. The molecule has 4 aromatic rings. The summed E-state index contributed by atoms with van der Waals surface area (Å²) < 4.78 is 15.8. The fourth-order valence-electron chi connectivity index (χ4n) is 6.91. The molecule has 8 heteroatoms. The van der Waals surface area contributed by atoms with Crippen molar-refractivity contribution >= 4 is 34.8 Å². The maximum absolute atomic E-state index is 15.8. The van der Waals surface area contributed by atoms with Crippen molar-refractivity contribution in [2.75, 3.05) is 4.90 Å². The van der Waals surface area contributed by atoms with E-state index in [-0.39, 0.29) is 27.9 Å². The van der Waals surface area contributed by atoms with Crippen molar-refractivity contribution < 1.29 is 23.7 Å². The first-order valence-corrected chi connectivity index (χ1v) is 13.1. The van der Waals surface area contributed by atoms with E-state index in [4.69, 9.17) is 0 Å². The van der Waals surface area contributed by atoms with E-state index >= 15 is 4.39 Å². The zero-order valence-corrected chi connectivity index (χ0v) is 21.4. The van der Waals surface area contributed by atoms with Crippen molar-refractivity contribution in [1.82, 2.24) is 0 Å². The van der Waals surface area contributed by atoms with Gasteiger partial charge >= 0.3 is 0 Å². The second-order valence-corrected chi connectivity index (χ2v) is 10.5. The van der Waals surface area contributed by atoms with Crippen LogP contribution >= 0.6 is 0 Å². The number of para-hydroxylation sites is 1. The molecule has 1 fully saturated rings. The summed E-state index contributed by atoms with van der Waals surface area (Å²) in [5.74, 6) is -3.21. The maximum Gasteiger partial charge on any atom is 0.269 e. The average Bonchev–Trinajstić information content (AvgIpc) is 3.43. The summed E-state index contributed by atoms with van der Waals surface area (Å²) in [6.07, 6.45) is 3.60. The van der Waals surface area contributed by atoms with E-state index in [0.717, 1.165) is 5.56 Å². The number of anilines is 1. The molecule has 200 valence electrons. The zero-order valence-electron chi connectivity index (χ0n) is 21.4. The van der Waals surface area contributed by atoms with Gasteiger partial charge in [0.05, 0.1) is 11.0 Å². The lowest BCUT2D eigenvalue weighted by atomic mass is 9.64. The van der Waals surface area contributed by atoms with Crippen LogP contribution in [-0.4, -0.2) is 34.4 Å². The van der Waals surface area contributed by atoms with Crippen LogP contribution in [0, 0.1) is 21.3 Å². The van der Waals surface area contributed by atoms with Gasteiger partial charge in [0.1, 0.15) is 17.3 Å². The summed E-state index contributed by atoms with van der Waals surface area (Å²) in [5, 5.41) is 11.3. The SMILES string of the molecule is O=C(c1ccc([N+](=O)[O-])cc1)[C@@H]1[C@@H](c2ccccc2F)C2(C(=O)c3ccccc3C2=O)[C@@H]2C=Cc3ccccc3N12. The van der Waals surface area contributed by atoms with Crippen LogP contribution in [-0.2, 0) is 0 Å². The normalized spacial score (nSPS) is 21.5. The molecule has 1 spiro atoms. The number of carbonyl (C=O) groups excluding carboxylic acids is 3. The number of rotatable bonds is 4. The summed E-state index contributed by atoms with van der Waals surface area (Å²) in [5.41, 5.74) is 0.138. The van der Waals surface area contributed by atoms with Crippen LogP contribution in [0.2, 0.25) is 0 Å². The van der Waals surface area contributed by atoms with Crippen molar-refractivity contribution in [3.05, 3.63) is 147 Å². The number of halogens is 1. The topological polar surface area (TPSA) is 97.6 Å². The number of Topliss-reactive ketones (excluding diaryl/α,β-unsaturated/α-hetero) is 3. The molecule has 0 radical (unpaired) electrons. The minimum absolute atomic E-state index is 0.0857. The number of nitro groups is 1. The summed E-state index contributed by atoms with van der Waals surface area (Å²) >= 11 is 0. The molecule has 7 rings (SSSR count). The molecule has 0 bridgehead atoms. The summed E-state index contributed by atoms with van der Waals surface area (Å²) in [6, 6.07) is 22.9. The number of fused-ring (bicyclic) bond motifs is 5. The van der Waals surface area contributed by atoms with Gasteiger partial charge in [0.15, 0.2) is 17.3 Å². The second-order valence-electron chi connectivity index (χ2n) is 10.5. The summed E-state index contributed by atoms with van der Waals surface area (Å²) in [7, 11) is 0. The Kier molecular flexibility index (Phi) is 5.37. The van der Waals surface area contributed by atoms with E-state index in [2.05, 4.69) is 0 Å². The highest BCUT2D eigenvalue weighted by Crippen LogP contribution is 2.61. The first-order chi connectivity index (χ1) is 19.9. The Hall–Kier alpha value is -5.24. The lowest BCUT2D eigenvalue weighted by Crippen LogP contribution is -2.48. The number of carbonyl (C=O) groups is 3. The molecule has 1 aliphatic carbocycles. The minimum atomic E-state index is -1.82. The van der Waals surface area contributed by atoms with Gasteiger partial charge < -0.3 is 4.90 Å². The molecule has 0 N–H and O–H groups in total. The molecule has 2 heterocycles. The highest BCUT2D eigenvalue weighted by Gasteiger charge is 2.71. The van der Waals surface area contributed by atoms with Crippen molar-refractivity contribution in [1.29, 1.82) is 0 Å². The third-order valence-electron chi connectivity index (χ3n) is 8.58. The molecular weight excluding hydrogens is 523 g/mol. The molecule has 0 aromatic heterocycles. The molecule has 4 aromatic carbocycles. The number of ketones is 3. The van der Waals surface area contributed by atoms with Gasteiger partial charge in [-0.25, -0.2) is 4.39 Å². The Morgan fingerprint density at radius 2 is 1.44 bits per heavy atom. The predicted molar refractivity (Wildman–Crippen MR) is 150 cm³/mol. The van der Waals surface area contributed by atoms with E-state index in [1.54, 1.807) is 47.4 Å². The second kappa shape index (κ2) is 8.89. The monoisotopic (exact) mass is 544 g/mol. The molecule has 7 nitrogen and oxygen atoms in total. The van der Waals surface area contributed by atoms with Crippen molar-refractivity contribution in [2.24, 2.45) is 5.41 Å². The van der Waals surface area contributed by atoms with Crippen LogP contribution in [0.3, 0.4) is 0 Å². The highest BCUT2D eigenvalue weighted by atomic mass is 19.1. The van der Waals surface area contributed by atoms with E-state index in [0.29, 0.717) is 5.69 Å². The third kappa shape index (κ3) is 3.27. The van der Waals surface area contributed by atoms with Crippen LogP contribution in [0.4, 0.5) is 15.8 Å². The molecule has 2 aliphatic heterocycles. The predicted octanol–water partition coefficient (Wildman–Crippen LogP) is 6.05. The minimum Gasteiger partial charge on any atom is -0.352 e. The first-order valence-electron chi connectivity index (χ1n) is 13.1. The molecular formula is C33H21FN2O5. The van der Waals surface area contributed by atoms with E-state index in [1.807, 2.05) is 24.3 Å². The van der Waals surface area contributed by atoms with Gasteiger partial charge in [-0.2, -0.15) is 0 Å². The Bertz CT molecular complexity index is 1790. The average molecular weight is 545 g/mol. The van der Waals surface area contributed by atoms with Crippen molar-refractivity contribution in [3.63, 3.8) is 0 Å². The molecule has 0 saturated carbocycles. The van der Waals surface area contributed by atoms with Gasteiger partial charge in [0, 0.05) is 40.4 Å². The van der Waals surface area contributed by atoms with Crippen LogP contribution in [0.25, 0.3) is 6.08 Å². The van der Waals surface area contributed by atoms with Crippen molar-refractivity contribution in [3.8, 4) is 0 Å². The maximum atomic E-state index is 15.8. The number of hydrogen-bond acceptors (Lipinski definition) is 6. The molecule has 41 heavy (non-hydrogen) atoms. The Morgan fingerprint density at radius 3 is 2.10 bits per heavy atom. The number of non-ortho nitro benzene ring substituents is 1. The van der Waals surface area contributed by atoms with Gasteiger partial charge in [-0.1, -0.05) is 72.8 Å². The molecule has 0 amide bonds. The van der Waals surface area contributed by atoms with Crippen molar-refractivity contribution in [2.45, 2.75) is 18.0 Å². The van der Waals surface area contributed by atoms with Gasteiger partial charge in [-0.3, -0.25) is 24.5 Å². The first kappa shape index (κ1) is 24.8. The molecule has 3 aliphatic rings. The van der Waals surface area contributed by atoms with Gasteiger partial charge in [-0.05, 0) is 35.4 Å². The number of nitrogens with zero attached hydrogens (tertiary/aromatic N) is 2. The smallest absolute Gasteiger partial charge is 0.269 e. The van der Waals surface area contributed by atoms with Crippen LogP contribution in [0.5, 0.6) is 0 Å². The van der Waals surface area contributed by atoms with E-state index in [1.165, 1.54) is 42.5 Å². The summed E-state index contributed by atoms with van der Waals surface area (Å²) in [4.78, 5) is 56.1. The lowest BCUT2D eigenvalue weighted by Gasteiger charge is -2.37. The Morgan fingerprint density at radius 1 is 0.829 bits per heavy atom. The standard InChI is InChI=1S/C33H21FN2O5/c34-25-11-5-4-10-24(25)28-29(30(37)20-13-16-21(17-14-20)36(40)41)35-26-12-6-1-7-19(26)15-18-27(35)33(28)31(38)22-8-2-3-9-23(22)32(33)39/h1-18,27-29H/t27-,28+,29-/m0/s1. The molecule has 3 atom stereocenters. The zero-order chi connectivity index (χ0) is 28.5. The van der Waals surface area contributed by atoms with Crippen LogP contribution < -0.4 is 4.90 Å². The number of hydrogen-bond donors (Lipinski definition) is 0. The molecule has 0 unspecified atom stereocenters. The number of benzene rings is 4. The lowest BCUT2D eigenvalue weighted by molar-refractivity contribution is -0.384. The van der Waals surface area contributed by atoms with Gasteiger partial charge in [-0.15, -0.1) is 0 Å². The van der Waals surface area contributed by atoms with Gasteiger partial charge in [0.2, 0.25) is 0 Å². The van der Waals surface area contributed by atoms with E-state index < -0.39 is 51.5 Å².